The molecule has 10 heteroatoms. The van der Waals surface area contributed by atoms with Gasteiger partial charge in [0.25, 0.3) is 11.1 Å². The number of carbonyl (C=O) groups excluding carboxylic acids is 2. The van der Waals surface area contributed by atoms with Gasteiger partial charge in [0.2, 0.25) is 11.8 Å². The van der Waals surface area contributed by atoms with Crippen LogP contribution in [-0.4, -0.2) is 44.8 Å². The van der Waals surface area contributed by atoms with Crippen molar-refractivity contribution >= 4 is 39.2 Å². The molecule has 3 atom stereocenters. The monoisotopic (exact) mass is 746 g/mol. The van der Waals surface area contributed by atoms with Crippen LogP contribution in [0, 0.1) is 19.8 Å². The van der Waals surface area contributed by atoms with E-state index < -0.39 is 10.8 Å². The molecule has 1 unspecified atom stereocenters. The molecule has 0 saturated carbocycles. The molecule has 2 saturated heterocycles. The van der Waals surface area contributed by atoms with Crippen molar-refractivity contribution in [2.45, 2.75) is 71.6 Å². The van der Waals surface area contributed by atoms with E-state index in [0.717, 1.165) is 67.2 Å². The molecule has 6 heterocycles. The van der Waals surface area contributed by atoms with Crippen LogP contribution in [0.4, 0.5) is 0 Å². The Balaban J connectivity index is 1.14. The summed E-state index contributed by atoms with van der Waals surface area (Å²) in [5.41, 5.74) is 8.02. The number of pyridine rings is 4. The number of hydrogen-bond donors (Lipinski definition) is 4. The van der Waals surface area contributed by atoms with E-state index in [1.165, 1.54) is 0 Å². The first-order valence-corrected chi connectivity index (χ1v) is 19.3. The number of hydrogen-bond acceptors (Lipinski definition) is 6. The lowest BCUT2D eigenvalue weighted by atomic mass is 9.64. The smallest absolute Gasteiger partial charge is 0.252 e. The molecular weight excluding hydrogens is 701 g/mol. The number of aromatic amines is 2. The molecule has 4 N–H and O–H groups in total. The number of aromatic nitrogens is 4. The molecule has 2 aliphatic heterocycles. The van der Waals surface area contributed by atoms with Crippen LogP contribution < -0.4 is 21.8 Å². The van der Waals surface area contributed by atoms with Gasteiger partial charge in [0.1, 0.15) is 0 Å². The second kappa shape index (κ2) is 13.8. The van der Waals surface area contributed by atoms with Crippen molar-refractivity contribution in [3.8, 4) is 22.5 Å². The Kier molecular flexibility index (Phi) is 9.10. The number of nitrogens with one attached hydrogen (secondary N) is 4. The number of benzene rings is 2. The predicted molar refractivity (Wildman–Crippen MR) is 221 cm³/mol. The second-order valence-corrected chi connectivity index (χ2v) is 15.9. The molecule has 4 aromatic heterocycles. The number of aryl methyl sites for hydroxylation is 2. The maximum absolute atomic E-state index is 14.0. The van der Waals surface area contributed by atoms with Crippen molar-refractivity contribution in [2.75, 3.05) is 13.1 Å². The third-order valence-electron chi connectivity index (χ3n) is 12.7. The van der Waals surface area contributed by atoms with Crippen molar-refractivity contribution < 1.29 is 9.59 Å². The van der Waals surface area contributed by atoms with Crippen LogP contribution in [0.2, 0.25) is 0 Å². The van der Waals surface area contributed by atoms with Gasteiger partial charge in [0.15, 0.2) is 0 Å². The summed E-state index contributed by atoms with van der Waals surface area (Å²) < 4.78 is 0. The molecular formula is C46H46N6O4. The van der Waals surface area contributed by atoms with Crippen LogP contribution in [0.5, 0.6) is 0 Å². The van der Waals surface area contributed by atoms with Crippen LogP contribution in [-0.2, 0) is 20.4 Å². The summed E-state index contributed by atoms with van der Waals surface area (Å²) in [5.74, 6) is -0.547. The molecule has 284 valence electrons. The lowest BCUT2D eigenvalue weighted by Crippen LogP contribution is -2.55. The SMILES string of the molecule is C/C(=C(/C)C1CCNC(=O)[C@@]1(C)c1ccc(-c2cnc3cccc(C)c3c2)[nH]c1=O)c1ccc2ncc(-c3ccc([C@@]4(C)CCCNC4=O)c(=O)[nH]3)cc2c1C. The van der Waals surface area contributed by atoms with Crippen LogP contribution in [0.1, 0.15) is 74.8 Å². The molecule has 0 aliphatic carbocycles. The molecule has 8 rings (SSSR count). The number of H-pyrrole nitrogens is 2. The first-order valence-electron chi connectivity index (χ1n) is 19.3. The van der Waals surface area contributed by atoms with E-state index >= 15 is 0 Å². The number of amides is 2. The Morgan fingerprint density at radius 2 is 1.34 bits per heavy atom. The van der Waals surface area contributed by atoms with Gasteiger partial charge in [-0.25, -0.2) is 0 Å². The summed E-state index contributed by atoms with van der Waals surface area (Å²) in [6.07, 6.45) is 5.62. The van der Waals surface area contributed by atoms with Gasteiger partial charge >= 0.3 is 0 Å². The second-order valence-electron chi connectivity index (χ2n) is 15.9. The van der Waals surface area contributed by atoms with Crippen LogP contribution in [0.15, 0.2) is 94.3 Å². The minimum Gasteiger partial charge on any atom is -0.355 e. The lowest BCUT2D eigenvalue weighted by Gasteiger charge is -2.41. The van der Waals surface area contributed by atoms with Gasteiger partial charge in [-0.05, 0) is 119 Å². The zero-order valence-corrected chi connectivity index (χ0v) is 32.6. The largest absolute Gasteiger partial charge is 0.355 e. The van der Waals surface area contributed by atoms with Crippen molar-refractivity contribution in [2.24, 2.45) is 5.92 Å². The molecule has 0 bridgehead atoms. The third kappa shape index (κ3) is 5.95. The Labute approximate surface area is 324 Å². The summed E-state index contributed by atoms with van der Waals surface area (Å²) in [6, 6.07) is 21.4. The highest BCUT2D eigenvalue weighted by Gasteiger charge is 2.48. The van der Waals surface area contributed by atoms with Gasteiger partial charge in [-0.1, -0.05) is 35.9 Å². The van der Waals surface area contributed by atoms with Crippen molar-refractivity contribution in [1.29, 1.82) is 0 Å². The van der Waals surface area contributed by atoms with E-state index in [9.17, 15) is 19.2 Å². The molecule has 0 radical (unpaired) electrons. The summed E-state index contributed by atoms with van der Waals surface area (Å²) >= 11 is 0. The normalized spacial score (nSPS) is 21.8. The van der Waals surface area contributed by atoms with E-state index in [4.69, 9.17) is 4.98 Å². The minimum absolute atomic E-state index is 0.125. The molecule has 56 heavy (non-hydrogen) atoms. The minimum atomic E-state index is -1.12. The van der Waals surface area contributed by atoms with Gasteiger partial charge in [-0.15, -0.1) is 0 Å². The Morgan fingerprint density at radius 3 is 2.00 bits per heavy atom. The van der Waals surface area contributed by atoms with Crippen molar-refractivity contribution in [3.05, 3.63) is 133 Å². The molecule has 2 aliphatic rings. The Bertz CT molecular complexity index is 2760. The standard InChI is InChI=1S/C46H46N6O4/c1-25-9-7-10-39-32(25)21-29(23-49-39)38-16-13-36(42(54)52-38)46(6)34(17-20-48-44(46)56)27(3)26(2)31-11-14-40-33(28(31)4)22-30(24-50-40)37-15-12-35(41(53)51-37)45(5)18-8-19-47-43(45)55/h7,9-16,21-24,34H,8,17-20H2,1-6H3,(H,47,55)(H,48,56)(H,51,53)(H,52,54)/b27-26+/t34?,45-,46-/m1/s1. The van der Waals surface area contributed by atoms with Gasteiger partial charge in [-0.2, -0.15) is 0 Å². The summed E-state index contributed by atoms with van der Waals surface area (Å²) in [6.45, 7) is 13.1. The summed E-state index contributed by atoms with van der Waals surface area (Å²) in [5, 5.41) is 7.90. The van der Waals surface area contributed by atoms with E-state index in [2.05, 4.69) is 52.4 Å². The molecule has 0 spiro atoms. The number of piperidine rings is 2. The Hall–Kier alpha value is -6.16. The average Bonchev–Trinajstić information content (AvgIpc) is 3.19. The molecule has 2 aromatic carbocycles. The zero-order valence-electron chi connectivity index (χ0n) is 32.6. The number of carbonyl (C=O) groups is 2. The molecule has 6 aromatic rings. The van der Waals surface area contributed by atoms with Gasteiger partial charge in [0, 0.05) is 75.8 Å². The summed E-state index contributed by atoms with van der Waals surface area (Å²) in [4.78, 5) is 69.5. The third-order valence-corrected chi connectivity index (χ3v) is 12.7. The van der Waals surface area contributed by atoms with Crippen LogP contribution in [0.25, 0.3) is 49.9 Å². The fourth-order valence-electron chi connectivity index (χ4n) is 9.07. The van der Waals surface area contributed by atoms with Gasteiger partial charge in [-0.3, -0.25) is 29.1 Å². The van der Waals surface area contributed by atoms with Crippen LogP contribution >= 0.6 is 0 Å². The maximum Gasteiger partial charge on any atom is 0.252 e. The maximum atomic E-state index is 14.0. The summed E-state index contributed by atoms with van der Waals surface area (Å²) in [7, 11) is 0. The first-order chi connectivity index (χ1) is 26.8. The van der Waals surface area contributed by atoms with Crippen LogP contribution in [0.3, 0.4) is 0 Å². The quantitative estimate of drug-likeness (QED) is 0.142. The first kappa shape index (κ1) is 36.8. The molecule has 2 fully saturated rings. The van der Waals surface area contributed by atoms with E-state index in [-0.39, 0.29) is 28.9 Å². The fourth-order valence-corrected chi connectivity index (χ4v) is 9.07. The number of nitrogens with zero attached hydrogens (tertiary/aromatic N) is 2. The Morgan fingerprint density at radius 1 is 0.714 bits per heavy atom. The average molecular weight is 747 g/mol. The van der Waals surface area contributed by atoms with Crippen molar-refractivity contribution in [1.82, 2.24) is 30.6 Å². The van der Waals surface area contributed by atoms with E-state index in [0.29, 0.717) is 48.4 Å². The lowest BCUT2D eigenvalue weighted by molar-refractivity contribution is -0.130. The number of rotatable bonds is 6. The van der Waals surface area contributed by atoms with E-state index in [1.54, 1.807) is 24.5 Å². The predicted octanol–water partition coefficient (Wildman–Crippen LogP) is 7.17. The highest BCUT2D eigenvalue weighted by atomic mass is 16.2. The molecule has 2 amide bonds. The van der Waals surface area contributed by atoms with Crippen molar-refractivity contribution in [3.63, 3.8) is 0 Å². The fraction of sp³-hybridized carbons (Fsp3) is 0.304. The number of allylic oxidation sites excluding steroid dienone is 2. The van der Waals surface area contributed by atoms with E-state index in [1.807, 2.05) is 69.3 Å². The zero-order chi connectivity index (χ0) is 39.5. The highest BCUT2D eigenvalue weighted by molar-refractivity contribution is 5.93. The van der Waals surface area contributed by atoms with Gasteiger partial charge in [0.05, 0.1) is 21.9 Å². The molecule has 10 nitrogen and oxygen atoms in total. The number of fused-ring (bicyclic) bond motifs is 2. The van der Waals surface area contributed by atoms with Gasteiger partial charge < -0.3 is 20.6 Å². The topological polar surface area (TPSA) is 150 Å². The highest BCUT2D eigenvalue weighted by Crippen LogP contribution is 2.43.